The fourth-order valence-electron chi connectivity index (χ4n) is 2.19. The first-order valence-corrected chi connectivity index (χ1v) is 4.00. The largest absolute Gasteiger partial charge is 0.294 e. The lowest BCUT2D eigenvalue weighted by Crippen LogP contribution is -2.37. The second-order valence-electron chi connectivity index (χ2n) is 3.40. The third-order valence-electron chi connectivity index (χ3n) is 2.76. The van der Waals surface area contributed by atoms with Crippen molar-refractivity contribution in [2.24, 2.45) is 23.6 Å². The lowest BCUT2D eigenvalue weighted by molar-refractivity contribution is -0.125. The number of hydrazine groups is 1. The summed E-state index contributed by atoms with van der Waals surface area (Å²) in [4.78, 5) is 11.1. The number of allylic oxidation sites excluding steroid dienone is 2. The Bertz CT molecular complexity index is 212. The Kier molecular flexibility index (Phi) is 1.46. The van der Waals surface area contributed by atoms with Gasteiger partial charge in [-0.1, -0.05) is 12.2 Å². The number of nitrogens with two attached hydrogens (primary N) is 1. The minimum absolute atomic E-state index is 0.00171. The van der Waals surface area contributed by atoms with Gasteiger partial charge in [-0.25, -0.2) is 5.84 Å². The number of nitrogens with one attached hydrogen (secondary N) is 1. The third-order valence-corrected chi connectivity index (χ3v) is 2.76. The van der Waals surface area contributed by atoms with Crippen LogP contribution in [0.2, 0.25) is 0 Å². The summed E-state index contributed by atoms with van der Waals surface area (Å²) >= 11 is 0. The van der Waals surface area contributed by atoms with Gasteiger partial charge in [-0.2, -0.15) is 0 Å². The third kappa shape index (κ3) is 0.959. The molecule has 2 bridgehead atoms. The van der Waals surface area contributed by atoms with E-state index < -0.39 is 0 Å². The predicted molar refractivity (Wildman–Crippen MR) is 41.2 cm³/mol. The van der Waals surface area contributed by atoms with E-state index in [1.54, 1.807) is 0 Å². The van der Waals surface area contributed by atoms with Crippen LogP contribution in [0.25, 0.3) is 0 Å². The molecule has 11 heavy (non-hydrogen) atoms. The number of carbonyl (C=O) groups is 1. The SMILES string of the molecule is NNC(=O)[C@@H]1C[C@@H]2C=C[C@@H]1C2. The lowest BCUT2D eigenvalue weighted by atomic mass is 9.93. The molecule has 0 aromatic heterocycles. The van der Waals surface area contributed by atoms with Crippen molar-refractivity contribution in [3.05, 3.63) is 12.2 Å². The van der Waals surface area contributed by atoms with Crippen molar-refractivity contribution in [2.45, 2.75) is 12.8 Å². The van der Waals surface area contributed by atoms with Gasteiger partial charge in [0.2, 0.25) is 5.91 Å². The quantitative estimate of drug-likeness (QED) is 0.244. The number of hydrogen-bond acceptors (Lipinski definition) is 2. The molecule has 3 atom stereocenters. The van der Waals surface area contributed by atoms with Crippen LogP contribution in [0.5, 0.6) is 0 Å². The summed E-state index contributed by atoms with van der Waals surface area (Å²) in [6.45, 7) is 0. The van der Waals surface area contributed by atoms with Crippen LogP contribution in [0.1, 0.15) is 12.8 Å². The van der Waals surface area contributed by atoms with Gasteiger partial charge < -0.3 is 0 Å². The van der Waals surface area contributed by atoms with E-state index in [0.717, 1.165) is 12.8 Å². The average molecular weight is 152 g/mol. The van der Waals surface area contributed by atoms with Crippen molar-refractivity contribution >= 4 is 5.91 Å². The number of carbonyl (C=O) groups excluding carboxylic acids is 1. The van der Waals surface area contributed by atoms with Gasteiger partial charge >= 0.3 is 0 Å². The van der Waals surface area contributed by atoms with Crippen molar-refractivity contribution in [2.75, 3.05) is 0 Å². The van der Waals surface area contributed by atoms with Crippen LogP contribution in [0.4, 0.5) is 0 Å². The smallest absolute Gasteiger partial charge is 0.237 e. The van der Waals surface area contributed by atoms with Crippen molar-refractivity contribution in [1.29, 1.82) is 0 Å². The van der Waals surface area contributed by atoms with E-state index in [0.29, 0.717) is 11.8 Å². The monoisotopic (exact) mass is 152 g/mol. The van der Waals surface area contributed by atoms with Crippen LogP contribution in [0.3, 0.4) is 0 Å². The Morgan fingerprint density at radius 2 is 2.27 bits per heavy atom. The normalized spacial score (nSPS) is 39.5. The molecule has 1 amide bonds. The molecule has 2 aliphatic carbocycles. The molecular formula is C8H12N2O. The molecule has 0 aromatic rings. The van der Waals surface area contributed by atoms with Crippen LogP contribution in [-0.2, 0) is 4.79 Å². The van der Waals surface area contributed by atoms with Gasteiger partial charge in [0.25, 0.3) is 0 Å². The maximum atomic E-state index is 11.1. The molecule has 3 N–H and O–H groups in total. The standard InChI is InChI=1S/C8H12N2O/c9-10-8(11)7-4-5-1-2-6(7)3-5/h1-2,5-7H,3-4,9H2,(H,10,11)/t5-,6-,7-/m1/s1. The number of amides is 1. The maximum Gasteiger partial charge on any atom is 0.237 e. The molecule has 3 nitrogen and oxygen atoms in total. The van der Waals surface area contributed by atoms with E-state index in [9.17, 15) is 4.79 Å². The number of hydrogen-bond donors (Lipinski definition) is 2. The Labute approximate surface area is 65.6 Å². The molecule has 1 saturated carbocycles. The van der Waals surface area contributed by atoms with Crippen molar-refractivity contribution in [3.8, 4) is 0 Å². The summed E-state index contributed by atoms with van der Waals surface area (Å²) in [6.07, 6.45) is 6.50. The number of rotatable bonds is 1. The van der Waals surface area contributed by atoms with Crippen LogP contribution in [0.15, 0.2) is 12.2 Å². The highest BCUT2D eigenvalue weighted by molar-refractivity contribution is 5.79. The first-order valence-electron chi connectivity index (χ1n) is 4.00. The molecule has 3 heteroatoms. The Balaban J connectivity index is 2.08. The first-order chi connectivity index (χ1) is 5.31. The zero-order chi connectivity index (χ0) is 7.84. The highest BCUT2D eigenvalue weighted by Gasteiger charge is 2.39. The van der Waals surface area contributed by atoms with Gasteiger partial charge in [0, 0.05) is 5.92 Å². The molecule has 0 saturated heterocycles. The van der Waals surface area contributed by atoms with Gasteiger partial charge in [0.15, 0.2) is 0 Å². The van der Waals surface area contributed by atoms with Crippen LogP contribution >= 0.6 is 0 Å². The molecule has 2 rings (SSSR count). The Morgan fingerprint density at radius 1 is 1.45 bits per heavy atom. The fourth-order valence-corrected chi connectivity index (χ4v) is 2.19. The minimum atomic E-state index is 0.00171. The summed E-state index contributed by atoms with van der Waals surface area (Å²) < 4.78 is 0. The fraction of sp³-hybridized carbons (Fsp3) is 0.625. The molecule has 2 aliphatic rings. The molecule has 0 spiro atoms. The Hall–Kier alpha value is -0.830. The summed E-state index contributed by atoms with van der Waals surface area (Å²) in [7, 11) is 0. The maximum absolute atomic E-state index is 11.1. The van der Waals surface area contributed by atoms with E-state index in [-0.39, 0.29) is 11.8 Å². The average Bonchev–Trinajstić information content (AvgIpc) is 2.62. The Morgan fingerprint density at radius 3 is 2.73 bits per heavy atom. The highest BCUT2D eigenvalue weighted by Crippen LogP contribution is 2.43. The van der Waals surface area contributed by atoms with Gasteiger partial charge in [0.05, 0.1) is 0 Å². The molecule has 0 aliphatic heterocycles. The second-order valence-corrected chi connectivity index (χ2v) is 3.40. The summed E-state index contributed by atoms with van der Waals surface area (Å²) in [5, 5.41) is 0. The van der Waals surface area contributed by atoms with E-state index in [1.807, 2.05) is 0 Å². The first kappa shape index (κ1) is 6.85. The molecule has 60 valence electrons. The zero-order valence-corrected chi connectivity index (χ0v) is 6.29. The molecular weight excluding hydrogens is 140 g/mol. The molecule has 0 radical (unpaired) electrons. The van der Waals surface area contributed by atoms with Crippen molar-refractivity contribution < 1.29 is 4.79 Å². The molecule has 0 unspecified atom stereocenters. The second kappa shape index (κ2) is 2.34. The summed E-state index contributed by atoms with van der Waals surface area (Å²) in [5.74, 6) is 6.31. The van der Waals surface area contributed by atoms with E-state index >= 15 is 0 Å². The van der Waals surface area contributed by atoms with Crippen molar-refractivity contribution in [3.63, 3.8) is 0 Å². The molecule has 1 fully saturated rings. The van der Waals surface area contributed by atoms with Crippen molar-refractivity contribution in [1.82, 2.24) is 5.43 Å². The van der Waals surface area contributed by atoms with Gasteiger partial charge in [0.1, 0.15) is 0 Å². The van der Waals surface area contributed by atoms with Gasteiger partial charge in [-0.3, -0.25) is 10.2 Å². The number of fused-ring (bicyclic) bond motifs is 2. The zero-order valence-electron chi connectivity index (χ0n) is 6.29. The lowest BCUT2D eigenvalue weighted by Gasteiger charge is -2.15. The van der Waals surface area contributed by atoms with Gasteiger partial charge in [-0.05, 0) is 24.7 Å². The topological polar surface area (TPSA) is 55.1 Å². The van der Waals surface area contributed by atoms with E-state index in [4.69, 9.17) is 5.84 Å². The van der Waals surface area contributed by atoms with Crippen LogP contribution in [-0.4, -0.2) is 5.91 Å². The van der Waals surface area contributed by atoms with Gasteiger partial charge in [-0.15, -0.1) is 0 Å². The van der Waals surface area contributed by atoms with E-state index in [1.165, 1.54) is 0 Å². The predicted octanol–water partition coefficient (Wildman–Crippen LogP) is 0.188. The summed E-state index contributed by atoms with van der Waals surface area (Å²) in [5.41, 5.74) is 2.22. The van der Waals surface area contributed by atoms with Crippen LogP contribution < -0.4 is 11.3 Å². The highest BCUT2D eigenvalue weighted by atomic mass is 16.2. The molecule has 0 aromatic carbocycles. The van der Waals surface area contributed by atoms with Crippen LogP contribution in [0, 0.1) is 17.8 Å². The molecule has 0 heterocycles. The minimum Gasteiger partial charge on any atom is -0.294 e. The van der Waals surface area contributed by atoms with E-state index in [2.05, 4.69) is 17.6 Å². The summed E-state index contributed by atoms with van der Waals surface area (Å²) in [6, 6.07) is 0.